The Morgan fingerprint density at radius 2 is 1.89 bits per heavy atom. The van der Waals surface area contributed by atoms with Crippen molar-refractivity contribution in [3.8, 4) is 0 Å². The molecule has 1 unspecified atom stereocenters. The molecule has 104 valence electrons. The van der Waals surface area contributed by atoms with Gasteiger partial charge in [-0.05, 0) is 38.3 Å². The summed E-state index contributed by atoms with van der Waals surface area (Å²) in [5.41, 5.74) is 3.03. The van der Waals surface area contributed by atoms with Gasteiger partial charge in [-0.2, -0.15) is 0 Å². The highest BCUT2D eigenvalue weighted by Crippen LogP contribution is 2.45. The number of benzene rings is 1. The average Bonchev–Trinajstić information content (AvgIpc) is 2.90. The van der Waals surface area contributed by atoms with E-state index in [2.05, 4.69) is 56.1 Å². The van der Waals surface area contributed by atoms with Crippen molar-refractivity contribution < 1.29 is 0 Å². The maximum absolute atomic E-state index is 4.26. The molecule has 1 aliphatic rings. The van der Waals surface area contributed by atoms with Crippen LogP contribution in [-0.4, -0.2) is 12.6 Å². The fourth-order valence-corrected chi connectivity index (χ4v) is 3.65. The summed E-state index contributed by atoms with van der Waals surface area (Å²) < 4.78 is 0. The lowest BCUT2D eigenvalue weighted by Crippen LogP contribution is -2.47. The van der Waals surface area contributed by atoms with Crippen molar-refractivity contribution in [2.45, 2.75) is 57.4 Å². The zero-order chi connectivity index (χ0) is 13.7. The first-order valence-electron chi connectivity index (χ1n) is 7.65. The van der Waals surface area contributed by atoms with Crippen LogP contribution >= 0.6 is 0 Å². The smallest absolute Gasteiger partial charge is 0.0371 e. The quantitative estimate of drug-likeness (QED) is 0.743. The molecule has 0 amide bonds. The van der Waals surface area contributed by atoms with Crippen LogP contribution in [0, 0.1) is 0 Å². The lowest BCUT2D eigenvalue weighted by atomic mass is 9.70. The van der Waals surface area contributed by atoms with Crippen LogP contribution in [0.25, 0.3) is 0 Å². The Morgan fingerprint density at radius 3 is 2.42 bits per heavy atom. The molecular formula is C18H27N. The first kappa shape index (κ1) is 14.3. The molecule has 2 rings (SSSR count). The molecule has 0 aromatic heterocycles. The molecule has 1 aromatic carbocycles. The van der Waals surface area contributed by atoms with Gasteiger partial charge in [0.2, 0.25) is 0 Å². The molecule has 1 saturated carbocycles. The summed E-state index contributed by atoms with van der Waals surface area (Å²) in [6.07, 6.45) is 6.42. The van der Waals surface area contributed by atoms with Gasteiger partial charge in [0.05, 0.1) is 0 Å². The molecule has 0 spiro atoms. The fourth-order valence-electron chi connectivity index (χ4n) is 3.65. The van der Waals surface area contributed by atoms with Crippen molar-refractivity contribution in [2.75, 3.05) is 6.54 Å². The first-order valence-corrected chi connectivity index (χ1v) is 7.65. The molecule has 1 heteroatoms. The minimum Gasteiger partial charge on any atom is -0.309 e. The molecule has 1 nitrogen and oxygen atoms in total. The summed E-state index contributed by atoms with van der Waals surface area (Å²) in [5.74, 6) is 0. The van der Waals surface area contributed by atoms with Gasteiger partial charge in [-0.1, -0.05) is 62.2 Å². The van der Waals surface area contributed by atoms with Crippen LogP contribution in [0.2, 0.25) is 0 Å². The van der Waals surface area contributed by atoms with Gasteiger partial charge < -0.3 is 5.32 Å². The molecule has 0 heterocycles. The van der Waals surface area contributed by atoms with E-state index in [0.29, 0.717) is 6.04 Å². The van der Waals surface area contributed by atoms with Crippen LogP contribution in [0.15, 0.2) is 42.5 Å². The van der Waals surface area contributed by atoms with E-state index in [1.807, 2.05) is 0 Å². The molecule has 1 aliphatic carbocycles. The normalized spacial score (nSPS) is 19.3. The summed E-state index contributed by atoms with van der Waals surface area (Å²) in [5, 5.41) is 3.75. The third kappa shape index (κ3) is 2.92. The molecule has 1 N–H and O–H groups in total. The largest absolute Gasteiger partial charge is 0.309 e. The molecule has 0 saturated heterocycles. The minimum atomic E-state index is 0.266. The summed E-state index contributed by atoms with van der Waals surface area (Å²) >= 11 is 0. The second-order valence-corrected chi connectivity index (χ2v) is 5.96. The lowest BCUT2D eigenvalue weighted by Gasteiger charge is -2.39. The van der Waals surface area contributed by atoms with E-state index in [-0.39, 0.29) is 5.41 Å². The van der Waals surface area contributed by atoms with Crippen molar-refractivity contribution in [1.29, 1.82) is 0 Å². The number of hydrogen-bond donors (Lipinski definition) is 1. The van der Waals surface area contributed by atoms with Gasteiger partial charge >= 0.3 is 0 Å². The number of hydrogen-bond acceptors (Lipinski definition) is 1. The zero-order valence-electron chi connectivity index (χ0n) is 12.4. The van der Waals surface area contributed by atoms with Crippen molar-refractivity contribution >= 4 is 0 Å². The van der Waals surface area contributed by atoms with Gasteiger partial charge in [-0.3, -0.25) is 0 Å². The van der Waals surface area contributed by atoms with Crippen molar-refractivity contribution in [1.82, 2.24) is 5.32 Å². The summed E-state index contributed by atoms with van der Waals surface area (Å²) in [6, 6.07) is 11.5. The molecule has 0 bridgehead atoms. The SMILES string of the molecule is C=C(C)C(NCCC)C1(c2ccccc2)CCCC1. The van der Waals surface area contributed by atoms with Crippen LogP contribution in [-0.2, 0) is 5.41 Å². The van der Waals surface area contributed by atoms with Crippen LogP contribution in [0.1, 0.15) is 51.5 Å². The van der Waals surface area contributed by atoms with E-state index in [9.17, 15) is 0 Å². The lowest BCUT2D eigenvalue weighted by molar-refractivity contribution is 0.329. The molecular weight excluding hydrogens is 230 g/mol. The predicted octanol–water partition coefficient (Wildman–Crippen LogP) is 4.44. The maximum Gasteiger partial charge on any atom is 0.0371 e. The van der Waals surface area contributed by atoms with Crippen molar-refractivity contribution in [3.63, 3.8) is 0 Å². The Labute approximate surface area is 118 Å². The number of nitrogens with one attached hydrogen (secondary N) is 1. The molecule has 0 radical (unpaired) electrons. The second kappa shape index (κ2) is 6.38. The molecule has 1 atom stereocenters. The Kier molecular flexibility index (Phi) is 4.81. The Hall–Kier alpha value is -1.08. The minimum absolute atomic E-state index is 0.266. The van der Waals surface area contributed by atoms with Gasteiger partial charge in [0.1, 0.15) is 0 Å². The fraction of sp³-hybridized carbons (Fsp3) is 0.556. The molecule has 1 fully saturated rings. The Bertz CT molecular complexity index is 401. The summed E-state index contributed by atoms with van der Waals surface area (Å²) in [7, 11) is 0. The van der Waals surface area contributed by atoms with Gasteiger partial charge in [0.15, 0.2) is 0 Å². The van der Waals surface area contributed by atoms with E-state index in [0.717, 1.165) is 6.54 Å². The van der Waals surface area contributed by atoms with E-state index in [4.69, 9.17) is 0 Å². The van der Waals surface area contributed by atoms with Gasteiger partial charge in [-0.25, -0.2) is 0 Å². The van der Waals surface area contributed by atoms with Gasteiger partial charge in [-0.15, -0.1) is 0 Å². The van der Waals surface area contributed by atoms with E-state index >= 15 is 0 Å². The topological polar surface area (TPSA) is 12.0 Å². The maximum atomic E-state index is 4.26. The third-order valence-corrected chi connectivity index (χ3v) is 4.49. The van der Waals surface area contributed by atoms with Crippen molar-refractivity contribution in [3.05, 3.63) is 48.0 Å². The average molecular weight is 257 g/mol. The van der Waals surface area contributed by atoms with E-state index in [1.165, 1.54) is 43.2 Å². The summed E-state index contributed by atoms with van der Waals surface area (Å²) in [6.45, 7) is 9.74. The Balaban J connectivity index is 2.34. The van der Waals surface area contributed by atoms with E-state index in [1.54, 1.807) is 0 Å². The van der Waals surface area contributed by atoms with Crippen LogP contribution in [0.5, 0.6) is 0 Å². The highest BCUT2D eigenvalue weighted by molar-refractivity contribution is 5.33. The standard InChI is InChI=1S/C18H27N/c1-4-14-19-17(15(2)3)18(12-8-9-13-18)16-10-6-5-7-11-16/h5-7,10-11,17,19H,2,4,8-9,12-14H2,1,3H3. The number of rotatable bonds is 6. The first-order chi connectivity index (χ1) is 9.20. The van der Waals surface area contributed by atoms with Gasteiger partial charge in [0.25, 0.3) is 0 Å². The highest BCUT2D eigenvalue weighted by Gasteiger charge is 2.42. The molecule has 1 aromatic rings. The van der Waals surface area contributed by atoms with Crippen LogP contribution in [0.3, 0.4) is 0 Å². The second-order valence-electron chi connectivity index (χ2n) is 5.96. The Morgan fingerprint density at radius 1 is 1.26 bits per heavy atom. The van der Waals surface area contributed by atoms with E-state index < -0.39 is 0 Å². The van der Waals surface area contributed by atoms with Crippen LogP contribution in [0.4, 0.5) is 0 Å². The monoisotopic (exact) mass is 257 g/mol. The van der Waals surface area contributed by atoms with Gasteiger partial charge in [0, 0.05) is 11.5 Å². The van der Waals surface area contributed by atoms with Crippen molar-refractivity contribution in [2.24, 2.45) is 0 Å². The highest BCUT2D eigenvalue weighted by atomic mass is 14.9. The zero-order valence-corrected chi connectivity index (χ0v) is 12.4. The predicted molar refractivity (Wildman–Crippen MR) is 83.5 cm³/mol. The third-order valence-electron chi connectivity index (χ3n) is 4.49. The summed E-state index contributed by atoms with van der Waals surface area (Å²) in [4.78, 5) is 0. The molecule has 0 aliphatic heterocycles. The molecule has 19 heavy (non-hydrogen) atoms. The van der Waals surface area contributed by atoms with Crippen LogP contribution < -0.4 is 5.32 Å².